The Bertz CT molecular complexity index is 417. The van der Waals surface area contributed by atoms with E-state index in [0.717, 1.165) is 16.8 Å². The Balaban J connectivity index is 2.41. The summed E-state index contributed by atoms with van der Waals surface area (Å²) >= 11 is 5.99. The summed E-state index contributed by atoms with van der Waals surface area (Å²) in [5, 5.41) is 3.51. The maximum absolute atomic E-state index is 11.6. The van der Waals surface area contributed by atoms with E-state index in [9.17, 15) is 4.79 Å². The number of fused-ring (bicyclic) bond motifs is 1. The Kier molecular flexibility index (Phi) is 2.67. The van der Waals surface area contributed by atoms with Crippen molar-refractivity contribution >= 4 is 23.2 Å². The topological polar surface area (TPSA) is 55.1 Å². The van der Waals surface area contributed by atoms with Gasteiger partial charge in [0.1, 0.15) is 0 Å². The first kappa shape index (κ1) is 10.5. The van der Waals surface area contributed by atoms with E-state index in [2.05, 4.69) is 5.32 Å². The predicted octanol–water partition coefficient (Wildman–Crippen LogP) is 1.72. The van der Waals surface area contributed by atoms with Crippen molar-refractivity contribution in [3.05, 3.63) is 28.3 Å². The zero-order valence-electron chi connectivity index (χ0n) is 8.51. The third kappa shape index (κ3) is 1.85. The molecular formula is C11H13ClN2O. The van der Waals surface area contributed by atoms with Gasteiger partial charge in [0.2, 0.25) is 5.91 Å². The smallest absolute Gasteiger partial charge is 0.229 e. The van der Waals surface area contributed by atoms with Gasteiger partial charge in [-0.25, -0.2) is 0 Å². The number of hydrogen-bond acceptors (Lipinski definition) is 2. The second kappa shape index (κ2) is 3.83. The zero-order valence-corrected chi connectivity index (χ0v) is 9.27. The molecule has 1 amide bonds. The summed E-state index contributed by atoms with van der Waals surface area (Å²) in [4.78, 5) is 11.6. The molecule has 2 rings (SSSR count). The number of nitrogens with two attached hydrogens (primary N) is 1. The Morgan fingerprint density at radius 3 is 3.00 bits per heavy atom. The van der Waals surface area contributed by atoms with Gasteiger partial charge in [0.05, 0.1) is 5.92 Å². The molecule has 1 aromatic carbocycles. The summed E-state index contributed by atoms with van der Waals surface area (Å²) in [6, 6.07) is 3.82. The van der Waals surface area contributed by atoms with Crippen LogP contribution in [0.25, 0.3) is 0 Å². The minimum absolute atomic E-state index is 0.00933. The fourth-order valence-corrected chi connectivity index (χ4v) is 1.97. The summed E-state index contributed by atoms with van der Waals surface area (Å²) in [6.45, 7) is 2.34. The van der Waals surface area contributed by atoms with Crippen molar-refractivity contribution in [3.63, 3.8) is 0 Å². The van der Waals surface area contributed by atoms with Gasteiger partial charge < -0.3 is 11.1 Å². The van der Waals surface area contributed by atoms with Crippen LogP contribution in [0.3, 0.4) is 0 Å². The molecule has 0 aromatic heterocycles. The van der Waals surface area contributed by atoms with Gasteiger partial charge in [0.25, 0.3) is 0 Å². The number of rotatable bonds is 1. The molecule has 1 aromatic rings. The fraction of sp³-hybridized carbons (Fsp3) is 0.364. The van der Waals surface area contributed by atoms with Gasteiger partial charge in [-0.3, -0.25) is 4.79 Å². The molecule has 1 unspecified atom stereocenters. The van der Waals surface area contributed by atoms with Gasteiger partial charge in [-0.15, -0.1) is 0 Å². The van der Waals surface area contributed by atoms with Crippen LogP contribution >= 0.6 is 11.6 Å². The van der Waals surface area contributed by atoms with Crippen molar-refractivity contribution in [3.8, 4) is 0 Å². The number of halogens is 1. The number of aryl methyl sites for hydroxylation is 1. The van der Waals surface area contributed by atoms with Crippen molar-refractivity contribution in [2.75, 3.05) is 11.9 Å². The van der Waals surface area contributed by atoms with Gasteiger partial charge in [-0.05, 0) is 30.5 Å². The molecule has 80 valence electrons. The number of hydrogen-bond donors (Lipinski definition) is 2. The van der Waals surface area contributed by atoms with E-state index in [4.69, 9.17) is 17.3 Å². The second-order valence-corrected chi connectivity index (χ2v) is 4.29. The van der Waals surface area contributed by atoms with E-state index in [0.29, 0.717) is 18.0 Å². The lowest BCUT2D eigenvalue weighted by atomic mass is 9.92. The fourth-order valence-electron chi connectivity index (χ4n) is 1.81. The van der Waals surface area contributed by atoms with Gasteiger partial charge >= 0.3 is 0 Å². The molecular weight excluding hydrogens is 212 g/mol. The predicted molar refractivity (Wildman–Crippen MR) is 61.1 cm³/mol. The average molecular weight is 225 g/mol. The SMILES string of the molecule is Cc1cc2c(cc1Cl)NC(=O)C(CN)C2. The number of anilines is 1. The van der Waals surface area contributed by atoms with Crippen molar-refractivity contribution in [1.82, 2.24) is 0 Å². The third-order valence-corrected chi connectivity index (χ3v) is 3.17. The van der Waals surface area contributed by atoms with Crippen LogP contribution in [0.15, 0.2) is 12.1 Å². The molecule has 1 atom stereocenters. The standard InChI is InChI=1S/C11H13ClN2O/c1-6-2-7-3-8(5-13)11(15)14-10(7)4-9(6)12/h2,4,8H,3,5,13H2,1H3,(H,14,15). The Morgan fingerprint density at radius 1 is 1.60 bits per heavy atom. The molecule has 0 saturated carbocycles. The molecule has 0 bridgehead atoms. The molecule has 0 aliphatic carbocycles. The number of amides is 1. The van der Waals surface area contributed by atoms with E-state index in [1.54, 1.807) is 6.07 Å². The highest BCUT2D eigenvalue weighted by molar-refractivity contribution is 6.31. The normalized spacial score (nSPS) is 19.7. The molecule has 15 heavy (non-hydrogen) atoms. The summed E-state index contributed by atoms with van der Waals surface area (Å²) in [5.74, 6) is -0.122. The van der Waals surface area contributed by atoms with E-state index in [1.165, 1.54) is 0 Å². The van der Waals surface area contributed by atoms with E-state index in [-0.39, 0.29) is 11.8 Å². The lowest BCUT2D eigenvalue weighted by Crippen LogP contribution is -2.34. The van der Waals surface area contributed by atoms with Crippen LogP contribution in [-0.2, 0) is 11.2 Å². The molecule has 0 saturated heterocycles. The molecule has 1 heterocycles. The molecule has 1 aliphatic heterocycles. The molecule has 1 aliphatic rings. The van der Waals surface area contributed by atoms with Gasteiger partial charge in [-0.2, -0.15) is 0 Å². The molecule has 3 N–H and O–H groups in total. The number of benzene rings is 1. The summed E-state index contributed by atoms with van der Waals surface area (Å²) in [6.07, 6.45) is 0.704. The Hall–Kier alpha value is -1.06. The summed E-state index contributed by atoms with van der Waals surface area (Å²) in [7, 11) is 0. The number of carbonyl (C=O) groups is 1. The minimum Gasteiger partial charge on any atom is -0.330 e. The van der Waals surface area contributed by atoms with Crippen LogP contribution in [0.4, 0.5) is 5.69 Å². The van der Waals surface area contributed by atoms with Crippen molar-refractivity contribution in [2.24, 2.45) is 11.7 Å². The largest absolute Gasteiger partial charge is 0.330 e. The first-order valence-corrected chi connectivity index (χ1v) is 5.29. The second-order valence-electron chi connectivity index (χ2n) is 3.88. The maximum Gasteiger partial charge on any atom is 0.229 e. The highest BCUT2D eigenvalue weighted by Crippen LogP contribution is 2.30. The quantitative estimate of drug-likeness (QED) is 0.763. The van der Waals surface area contributed by atoms with E-state index in [1.807, 2.05) is 13.0 Å². The van der Waals surface area contributed by atoms with Crippen LogP contribution < -0.4 is 11.1 Å². The molecule has 0 fully saturated rings. The van der Waals surface area contributed by atoms with Crippen molar-refractivity contribution in [2.45, 2.75) is 13.3 Å². The maximum atomic E-state index is 11.6. The Morgan fingerprint density at radius 2 is 2.33 bits per heavy atom. The monoisotopic (exact) mass is 224 g/mol. The highest BCUT2D eigenvalue weighted by atomic mass is 35.5. The van der Waals surface area contributed by atoms with Crippen molar-refractivity contribution in [1.29, 1.82) is 0 Å². The Labute approximate surface area is 93.6 Å². The molecule has 4 heteroatoms. The van der Waals surface area contributed by atoms with Crippen LogP contribution in [0, 0.1) is 12.8 Å². The van der Waals surface area contributed by atoms with Crippen LogP contribution in [0.5, 0.6) is 0 Å². The van der Waals surface area contributed by atoms with Gasteiger partial charge in [0.15, 0.2) is 0 Å². The first-order valence-electron chi connectivity index (χ1n) is 4.91. The molecule has 0 radical (unpaired) electrons. The number of carbonyl (C=O) groups excluding carboxylic acids is 1. The lowest BCUT2D eigenvalue weighted by molar-refractivity contribution is -0.119. The van der Waals surface area contributed by atoms with Gasteiger partial charge in [0, 0.05) is 17.3 Å². The number of nitrogens with one attached hydrogen (secondary N) is 1. The molecule has 0 spiro atoms. The summed E-state index contributed by atoms with van der Waals surface area (Å²) in [5.41, 5.74) is 8.50. The zero-order chi connectivity index (χ0) is 11.0. The summed E-state index contributed by atoms with van der Waals surface area (Å²) < 4.78 is 0. The van der Waals surface area contributed by atoms with E-state index >= 15 is 0 Å². The lowest BCUT2D eigenvalue weighted by Gasteiger charge is -2.24. The van der Waals surface area contributed by atoms with E-state index < -0.39 is 0 Å². The highest BCUT2D eigenvalue weighted by Gasteiger charge is 2.25. The van der Waals surface area contributed by atoms with Crippen LogP contribution in [0.1, 0.15) is 11.1 Å². The average Bonchev–Trinajstić information content (AvgIpc) is 2.20. The van der Waals surface area contributed by atoms with Gasteiger partial charge in [-0.1, -0.05) is 17.7 Å². The van der Waals surface area contributed by atoms with Crippen molar-refractivity contribution < 1.29 is 4.79 Å². The minimum atomic E-state index is -0.113. The van der Waals surface area contributed by atoms with Crippen LogP contribution in [0.2, 0.25) is 5.02 Å². The first-order chi connectivity index (χ1) is 7.11. The third-order valence-electron chi connectivity index (χ3n) is 2.76. The molecule has 3 nitrogen and oxygen atoms in total. The van der Waals surface area contributed by atoms with Crippen LogP contribution in [-0.4, -0.2) is 12.5 Å².